The van der Waals surface area contributed by atoms with Crippen molar-refractivity contribution in [2.24, 2.45) is 23.2 Å². The molecule has 10 atom stereocenters. The second-order valence-electron chi connectivity index (χ2n) is 16.0. The highest BCUT2D eigenvalue weighted by Crippen LogP contribution is 2.54. The number of fused-ring (bicyclic) bond motifs is 1. The Balaban J connectivity index is 2.08. The summed E-state index contributed by atoms with van der Waals surface area (Å²) in [6.07, 6.45) is -5.08. The predicted molar refractivity (Wildman–Crippen MR) is 205 cm³/mol. The molecule has 0 radical (unpaired) electrons. The molecule has 2 N–H and O–H groups in total. The molecule has 2 aromatic rings. The van der Waals surface area contributed by atoms with Gasteiger partial charge in [0.15, 0.2) is 12.2 Å². The lowest BCUT2D eigenvalue weighted by atomic mass is 9.71. The smallest absolute Gasteiger partial charge is 0.340 e. The molecule has 2 aliphatic rings. The quantitative estimate of drug-likeness (QED) is 0.203. The van der Waals surface area contributed by atoms with Crippen LogP contribution in [-0.2, 0) is 47.6 Å². The number of pyridine rings is 1. The summed E-state index contributed by atoms with van der Waals surface area (Å²) in [5.41, 5.74) is -5.84. The molecule has 15 nitrogen and oxygen atoms in total. The van der Waals surface area contributed by atoms with Gasteiger partial charge in [-0.15, -0.1) is 0 Å². The van der Waals surface area contributed by atoms with E-state index in [1.54, 1.807) is 51.1 Å². The summed E-state index contributed by atoms with van der Waals surface area (Å²) in [5.74, 6) is -8.66. The Kier molecular flexibility index (Phi) is 14.1. The first-order valence-corrected chi connectivity index (χ1v) is 18.9. The number of benzene rings is 1. The zero-order chi connectivity index (χ0) is 43.3. The van der Waals surface area contributed by atoms with E-state index in [-0.39, 0.29) is 16.7 Å². The molecule has 0 amide bonds. The molecule has 2 unspecified atom stereocenters. The Morgan fingerprint density at radius 2 is 1.36 bits per heavy atom. The molecule has 1 saturated carbocycles. The van der Waals surface area contributed by atoms with Gasteiger partial charge >= 0.3 is 35.8 Å². The van der Waals surface area contributed by atoms with E-state index >= 15 is 0 Å². The van der Waals surface area contributed by atoms with E-state index in [0.29, 0.717) is 0 Å². The second kappa shape index (κ2) is 18.0. The van der Waals surface area contributed by atoms with Gasteiger partial charge in [0.05, 0.1) is 23.0 Å². The van der Waals surface area contributed by atoms with Crippen molar-refractivity contribution < 1.29 is 67.4 Å². The van der Waals surface area contributed by atoms with E-state index in [2.05, 4.69) is 11.6 Å². The van der Waals surface area contributed by atoms with E-state index in [1.807, 2.05) is 0 Å². The van der Waals surface area contributed by atoms with Crippen molar-refractivity contribution in [2.45, 2.75) is 117 Å². The van der Waals surface area contributed by atoms with Gasteiger partial charge in [0.25, 0.3) is 0 Å². The monoisotopic (exact) mass is 807 g/mol. The Bertz CT molecular complexity index is 1890. The average Bonchev–Trinajstić information content (AvgIpc) is 3.36. The molecule has 15 heteroatoms. The highest BCUT2D eigenvalue weighted by Gasteiger charge is 2.70. The summed E-state index contributed by atoms with van der Waals surface area (Å²) in [5, 5.41) is 25.7. The summed E-state index contributed by atoms with van der Waals surface area (Å²) in [6.45, 7) is 16.8. The Hall–Kier alpha value is -5.41. The standard InChI is InChI=1S/C43H53NO14/c1-23(2)38(49)55-34-25(4)33(53-26(5)45)31-36(56-39(50)29-15-12-11-13-16-29)42(10,58-28(7)47)22-43(31,52)35(54-27(6)46)24(3)18-19-41(8,9)37(32(34)48)57-40(51)30-17-14-20-44-21-30/h11-21,23-24,31-37,48,52H,4,22H2,1-3,5-10H3/b19-18-/t24-,31-,32+,33?,34-,35-,36+,37?,42+,43+/m0/s1. The fraction of sp³-hybridized carbons (Fsp3) is 0.512. The van der Waals surface area contributed by atoms with Gasteiger partial charge in [0.1, 0.15) is 35.6 Å². The normalized spacial score (nSPS) is 31.3. The molecule has 1 fully saturated rings. The predicted octanol–water partition coefficient (Wildman–Crippen LogP) is 4.49. The van der Waals surface area contributed by atoms with E-state index in [4.69, 9.17) is 28.4 Å². The van der Waals surface area contributed by atoms with Crippen LogP contribution in [0.4, 0.5) is 0 Å². The molecule has 58 heavy (non-hydrogen) atoms. The van der Waals surface area contributed by atoms with Gasteiger partial charge in [-0.2, -0.15) is 0 Å². The van der Waals surface area contributed by atoms with E-state index in [1.165, 1.54) is 57.4 Å². The van der Waals surface area contributed by atoms with Crippen LogP contribution in [-0.4, -0.2) is 98.8 Å². The minimum Gasteiger partial charge on any atom is -0.459 e. The number of rotatable bonds is 9. The van der Waals surface area contributed by atoms with Crippen LogP contribution in [0.25, 0.3) is 0 Å². The molecule has 4 rings (SSSR count). The Morgan fingerprint density at radius 1 is 0.776 bits per heavy atom. The maximum Gasteiger partial charge on any atom is 0.340 e. The van der Waals surface area contributed by atoms with Gasteiger partial charge in [-0.25, -0.2) is 9.59 Å². The number of esters is 6. The minimum absolute atomic E-state index is 0.0417. The van der Waals surface area contributed by atoms with Crippen LogP contribution in [0.1, 0.15) is 89.5 Å². The van der Waals surface area contributed by atoms with E-state index < -0.39 is 113 Å². The number of hydrogen-bond donors (Lipinski definition) is 2. The number of aromatic nitrogens is 1. The van der Waals surface area contributed by atoms with Crippen LogP contribution in [0.5, 0.6) is 0 Å². The zero-order valence-electron chi connectivity index (χ0n) is 34.2. The van der Waals surface area contributed by atoms with Crippen LogP contribution >= 0.6 is 0 Å². The third kappa shape index (κ3) is 9.99. The fourth-order valence-corrected chi connectivity index (χ4v) is 7.78. The highest BCUT2D eigenvalue weighted by molar-refractivity contribution is 5.90. The van der Waals surface area contributed by atoms with E-state index in [0.717, 1.165) is 20.8 Å². The Morgan fingerprint density at radius 3 is 1.91 bits per heavy atom. The van der Waals surface area contributed by atoms with Crippen LogP contribution in [0.3, 0.4) is 0 Å². The maximum absolute atomic E-state index is 13.9. The summed E-state index contributed by atoms with van der Waals surface area (Å²) in [6, 6.07) is 10.8. The molecule has 0 saturated heterocycles. The molecule has 1 aromatic carbocycles. The summed E-state index contributed by atoms with van der Waals surface area (Å²) >= 11 is 0. The lowest BCUT2D eigenvalue weighted by Crippen LogP contribution is -2.59. The lowest BCUT2D eigenvalue weighted by molar-refractivity contribution is -0.193. The fourth-order valence-electron chi connectivity index (χ4n) is 7.78. The van der Waals surface area contributed by atoms with Crippen molar-refractivity contribution >= 4 is 35.8 Å². The summed E-state index contributed by atoms with van der Waals surface area (Å²) < 4.78 is 35.8. The van der Waals surface area contributed by atoms with Gasteiger partial charge in [0.2, 0.25) is 0 Å². The van der Waals surface area contributed by atoms with Crippen LogP contribution < -0.4 is 0 Å². The minimum atomic E-state index is -2.39. The van der Waals surface area contributed by atoms with Crippen molar-refractivity contribution in [3.8, 4) is 0 Å². The molecular formula is C43H53NO14. The number of aliphatic hydroxyl groups excluding tert-OH is 1. The van der Waals surface area contributed by atoms with Crippen molar-refractivity contribution in [2.75, 3.05) is 0 Å². The molecular weight excluding hydrogens is 754 g/mol. The first kappa shape index (κ1) is 45.3. The highest BCUT2D eigenvalue weighted by atomic mass is 16.6. The second-order valence-corrected chi connectivity index (χ2v) is 16.0. The van der Waals surface area contributed by atoms with Crippen molar-refractivity contribution in [1.82, 2.24) is 4.98 Å². The SMILES string of the molecule is C=C1C(OC(C)=O)[C@H]2[C@@H](OC(=O)c3ccccc3)[C@](C)(OC(C)=O)C[C@]2(O)[C@@H](OC(C)=O)[C@@H](C)/C=C\C(C)(C)C(OC(=O)c2cccnc2)[C@H](O)[C@H]1OC(=O)C(C)C. The van der Waals surface area contributed by atoms with Crippen molar-refractivity contribution in [3.63, 3.8) is 0 Å². The maximum atomic E-state index is 13.9. The van der Waals surface area contributed by atoms with Gasteiger partial charge in [-0.05, 0) is 31.2 Å². The van der Waals surface area contributed by atoms with Gasteiger partial charge in [-0.3, -0.25) is 24.2 Å². The number of nitrogens with zero attached hydrogens (tertiary/aromatic N) is 1. The van der Waals surface area contributed by atoms with Crippen LogP contribution in [0, 0.1) is 23.2 Å². The average molecular weight is 808 g/mol. The number of carbonyl (C=O) groups excluding carboxylic acids is 6. The van der Waals surface area contributed by atoms with Gasteiger partial charge < -0.3 is 38.6 Å². The zero-order valence-corrected chi connectivity index (χ0v) is 34.2. The number of aliphatic hydroxyl groups is 2. The molecule has 0 spiro atoms. The van der Waals surface area contributed by atoms with Gasteiger partial charge in [0, 0.05) is 56.5 Å². The van der Waals surface area contributed by atoms with Crippen molar-refractivity contribution in [1.29, 1.82) is 0 Å². The van der Waals surface area contributed by atoms with E-state index in [9.17, 15) is 39.0 Å². The van der Waals surface area contributed by atoms with Crippen LogP contribution in [0.2, 0.25) is 0 Å². The molecule has 0 bridgehead atoms. The first-order chi connectivity index (χ1) is 27.0. The number of hydrogen-bond acceptors (Lipinski definition) is 15. The van der Waals surface area contributed by atoms with Gasteiger partial charge in [-0.1, -0.05) is 71.5 Å². The molecule has 2 aliphatic carbocycles. The summed E-state index contributed by atoms with van der Waals surface area (Å²) in [7, 11) is 0. The van der Waals surface area contributed by atoms with Crippen molar-refractivity contribution in [3.05, 3.63) is 90.3 Å². The third-order valence-corrected chi connectivity index (χ3v) is 10.4. The number of carbonyl (C=O) groups is 6. The lowest BCUT2D eigenvalue weighted by Gasteiger charge is -2.45. The summed E-state index contributed by atoms with van der Waals surface area (Å²) in [4.78, 5) is 83.8. The first-order valence-electron chi connectivity index (χ1n) is 18.9. The molecule has 1 aromatic heterocycles. The molecule has 1 heterocycles. The third-order valence-electron chi connectivity index (χ3n) is 10.4. The number of ether oxygens (including phenoxy) is 6. The largest absolute Gasteiger partial charge is 0.459 e. The van der Waals surface area contributed by atoms with Crippen LogP contribution in [0.15, 0.2) is 79.2 Å². The molecule has 0 aliphatic heterocycles. The molecule has 314 valence electrons. The topological polar surface area (TPSA) is 211 Å². The Labute approximate surface area is 337 Å².